The van der Waals surface area contributed by atoms with E-state index in [1.54, 1.807) is 0 Å². The van der Waals surface area contributed by atoms with Crippen LogP contribution < -0.4 is 0 Å². The second-order valence-electron chi connectivity index (χ2n) is 4.98. The van der Waals surface area contributed by atoms with Crippen molar-refractivity contribution in [1.82, 2.24) is 4.90 Å². The van der Waals surface area contributed by atoms with Gasteiger partial charge >= 0.3 is 5.97 Å². The van der Waals surface area contributed by atoms with Crippen LogP contribution >= 0.6 is 0 Å². The van der Waals surface area contributed by atoms with Gasteiger partial charge in [0.25, 0.3) is 0 Å². The van der Waals surface area contributed by atoms with Crippen molar-refractivity contribution >= 4 is 5.97 Å². The molecule has 0 spiro atoms. The third-order valence-electron chi connectivity index (χ3n) is 3.44. The Balaban J connectivity index is 2.39. The molecule has 2 N–H and O–H groups in total. The van der Waals surface area contributed by atoms with Crippen molar-refractivity contribution in [3.8, 4) is 6.07 Å². The Morgan fingerprint density at radius 3 is 2.59 bits per heavy atom. The van der Waals surface area contributed by atoms with Gasteiger partial charge in [0, 0.05) is 19.5 Å². The second kappa shape index (κ2) is 5.99. The molecule has 0 aromatic carbocycles. The van der Waals surface area contributed by atoms with E-state index in [0.717, 1.165) is 0 Å². The maximum atomic E-state index is 10.8. The Bertz CT molecular complexity index is 303. The molecule has 0 aromatic heterocycles. The summed E-state index contributed by atoms with van der Waals surface area (Å²) in [7, 11) is 1.87. The number of hydrogen-bond donors (Lipinski definition) is 2. The van der Waals surface area contributed by atoms with Crippen LogP contribution in [0.1, 0.15) is 32.1 Å². The highest BCUT2D eigenvalue weighted by Gasteiger charge is 2.36. The maximum absolute atomic E-state index is 10.8. The zero-order chi connectivity index (χ0) is 12.9. The molecule has 0 aromatic rings. The summed E-state index contributed by atoms with van der Waals surface area (Å²) < 4.78 is 0. The van der Waals surface area contributed by atoms with Crippen molar-refractivity contribution in [3.05, 3.63) is 0 Å². The molecule has 1 fully saturated rings. The lowest BCUT2D eigenvalue weighted by atomic mass is 9.78. The molecule has 1 rings (SSSR count). The second-order valence-corrected chi connectivity index (χ2v) is 4.98. The van der Waals surface area contributed by atoms with Crippen LogP contribution in [0.3, 0.4) is 0 Å². The normalized spacial score (nSPS) is 28.9. The van der Waals surface area contributed by atoms with E-state index in [-0.39, 0.29) is 5.92 Å². The van der Waals surface area contributed by atoms with Gasteiger partial charge in [0.05, 0.1) is 17.6 Å². The molecule has 0 heterocycles. The summed E-state index contributed by atoms with van der Waals surface area (Å²) >= 11 is 0. The fraction of sp³-hybridized carbons (Fsp3) is 0.833. The van der Waals surface area contributed by atoms with Gasteiger partial charge in [-0.05, 0) is 32.7 Å². The number of aliphatic carboxylic acids is 1. The van der Waals surface area contributed by atoms with Gasteiger partial charge in [-0.15, -0.1) is 0 Å². The molecule has 5 heteroatoms. The number of carbonyl (C=O) groups is 1. The third-order valence-corrected chi connectivity index (χ3v) is 3.44. The van der Waals surface area contributed by atoms with Crippen molar-refractivity contribution in [3.63, 3.8) is 0 Å². The van der Waals surface area contributed by atoms with Crippen LogP contribution in [-0.4, -0.2) is 46.8 Å². The molecule has 1 saturated carbocycles. The van der Waals surface area contributed by atoms with E-state index < -0.39 is 11.6 Å². The van der Waals surface area contributed by atoms with E-state index >= 15 is 0 Å². The summed E-state index contributed by atoms with van der Waals surface area (Å²) in [5.41, 5.74) is -0.782. The Hall–Kier alpha value is -1.12. The van der Waals surface area contributed by atoms with Crippen LogP contribution in [0, 0.1) is 17.2 Å². The largest absolute Gasteiger partial charge is 0.481 e. The molecule has 0 atom stereocenters. The average Bonchev–Trinajstić information content (AvgIpc) is 2.26. The van der Waals surface area contributed by atoms with Gasteiger partial charge in [0.2, 0.25) is 0 Å². The van der Waals surface area contributed by atoms with Crippen LogP contribution in [0.15, 0.2) is 0 Å². The standard InChI is InChI=1S/C12H20N2O3/c1-14(8-2-7-13)9-12(17)5-3-10(4-6-12)11(15)16/h10,17H,2-6,8-9H2,1H3,(H,15,16). The number of hydrogen-bond acceptors (Lipinski definition) is 4. The minimum Gasteiger partial charge on any atom is -0.481 e. The third kappa shape index (κ3) is 4.33. The highest BCUT2D eigenvalue weighted by molar-refractivity contribution is 5.70. The first-order valence-corrected chi connectivity index (χ1v) is 5.97. The summed E-state index contributed by atoms with van der Waals surface area (Å²) in [6, 6.07) is 2.07. The molecular weight excluding hydrogens is 220 g/mol. The van der Waals surface area contributed by atoms with Gasteiger partial charge < -0.3 is 15.1 Å². The van der Waals surface area contributed by atoms with Gasteiger partial charge in [0.1, 0.15) is 0 Å². The molecule has 0 saturated heterocycles. The van der Waals surface area contributed by atoms with Gasteiger partial charge in [-0.3, -0.25) is 4.79 Å². The number of carboxylic acids is 1. The molecule has 0 radical (unpaired) electrons. The summed E-state index contributed by atoms with van der Waals surface area (Å²) in [6.07, 6.45) is 2.59. The van der Waals surface area contributed by atoms with Crippen molar-refractivity contribution in [2.24, 2.45) is 5.92 Å². The zero-order valence-corrected chi connectivity index (χ0v) is 10.2. The fourth-order valence-electron chi connectivity index (χ4n) is 2.38. The predicted molar refractivity (Wildman–Crippen MR) is 62.3 cm³/mol. The molecule has 96 valence electrons. The minimum absolute atomic E-state index is 0.306. The first kappa shape index (κ1) is 13.9. The molecule has 0 bridgehead atoms. The maximum Gasteiger partial charge on any atom is 0.306 e. The number of nitriles is 1. The van der Waals surface area contributed by atoms with E-state index in [4.69, 9.17) is 10.4 Å². The van der Waals surface area contributed by atoms with Crippen molar-refractivity contribution in [1.29, 1.82) is 5.26 Å². The molecule has 0 amide bonds. The van der Waals surface area contributed by atoms with Crippen LogP contribution in [0.5, 0.6) is 0 Å². The monoisotopic (exact) mass is 240 g/mol. The van der Waals surface area contributed by atoms with Gasteiger partial charge in [0.15, 0.2) is 0 Å². The number of nitrogens with zero attached hydrogens (tertiary/aromatic N) is 2. The highest BCUT2D eigenvalue weighted by atomic mass is 16.4. The molecular formula is C12H20N2O3. The number of likely N-dealkylation sites (N-methyl/N-ethyl adjacent to an activating group) is 1. The molecule has 0 aliphatic heterocycles. The lowest BCUT2D eigenvalue weighted by Crippen LogP contribution is -2.45. The molecule has 17 heavy (non-hydrogen) atoms. The van der Waals surface area contributed by atoms with Gasteiger partial charge in [-0.25, -0.2) is 0 Å². The Labute approximate surface area is 102 Å². The quantitative estimate of drug-likeness (QED) is 0.743. The van der Waals surface area contributed by atoms with Gasteiger partial charge in [-0.1, -0.05) is 0 Å². The number of carboxylic acid groups (broad SMARTS) is 1. The van der Waals surface area contributed by atoms with E-state index in [2.05, 4.69) is 6.07 Å². The number of aliphatic hydroxyl groups is 1. The highest BCUT2D eigenvalue weighted by Crippen LogP contribution is 2.32. The SMILES string of the molecule is CN(CCC#N)CC1(O)CCC(C(=O)O)CC1. The molecule has 1 aliphatic rings. The Morgan fingerprint density at radius 2 is 2.12 bits per heavy atom. The van der Waals surface area contributed by atoms with E-state index in [9.17, 15) is 9.90 Å². The predicted octanol–water partition coefficient (Wildman–Crippen LogP) is 0.838. The van der Waals surface area contributed by atoms with E-state index in [1.165, 1.54) is 0 Å². The van der Waals surface area contributed by atoms with E-state index in [1.807, 2.05) is 11.9 Å². The van der Waals surface area contributed by atoms with Gasteiger partial charge in [-0.2, -0.15) is 5.26 Å². The first-order valence-electron chi connectivity index (χ1n) is 5.97. The van der Waals surface area contributed by atoms with Crippen LogP contribution in [0.2, 0.25) is 0 Å². The summed E-state index contributed by atoms with van der Waals surface area (Å²) in [5, 5.41) is 27.7. The van der Waals surface area contributed by atoms with Crippen LogP contribution in [0.25, 0.3) is 0 Å². The number of rotatable bonds is 5. The minimum atomic E-state index is -0.782. The molecule has 0 unspecified atom stereocenters. The average molecular weight is 240 g/mol. The van der Waals surface area contributed by atoms with Crippen molar-refractivity contribution in [2.45, 2.75) is 37.7 Å². The fourth-order valence-corrected chi connectivity index (χ4v) is 2.38. The topological polar surface area (TPSA) is 84.6 Å². The van der Waals surface area contributed by atoms with Crippen LogP contribution in [-0.2, 0) is 4.79 Å². The van der Waals surface area contributed by atoms with Crippen molar-refractivity contribution < 1.29 is 15.0 Å². The summed E-state index contributed by atoms with van der Waals surface area (Å²) in [5.74, 6) is -1.07. The Morgan fingerprint density at radius 1 is 1.53 bits per heavy atom. The summed E-state index contributed by atoms with van der Waals surface area (Å²) in [4.78, 5) is 12.7. The van der Waals surface area contributed by atoms with Crippen molar-refractivity contribution in [2.75, 3.05) is 20.1 Å². The Kier molecular flexibility index (Phi) is 4.91. The summed E-state index contributed by atoms with van der Waals surface area (Å²) in [6.45, 7) is 1.15. The first-order chi connectivity index (χ1) is 7.97. The molecule has 1 aliphatic carbocycles. The molecule has 5 nitrogen and oxygen atoms in total. The van der Waals surface area contributed by atoms with Crippen LogP contribution in [0.4, 0.5) is 0 Å². The smallest absolute Gasteiger partial charge is 0.306 e. The lowest BCUT2D eigenvalue weighted by molar-refractivity contribution is -0.145. The zero-order valence-electron chi connectivity index (χ0n) is 10.2. The van der Waals surface area contributed by atoms with E-state index in [0.29, 0.717) is 45.2 Å². The lowest BCUT2D eigenvalue weighted by Gasteiger charge is -2.37.